The fraction of sp³-hybridized carbons (Fsp3) is 0.533. The van der Waals surface area contributed by atoms with Crippen LogP contribution in [0.25, 0.3) is 0 Å². The van der Waals surface area contributed by atoms with E-state index in [1.165, 1.54) is 22.7 Å². The van der Waals surface area contributed by atoms with Gasteiger partial charge >= 0.3 is 12.1 Å². The van der Waals surface area contributed by atoms with Crippen molar-refractivity contribution in [3.8, 4) is 0 Å². The molecule has 0 aromatic rings. The Balaban J connectivity index is 1.75. The van der Waals surface area contributed by atoms with Crippen LogP contribution in [0.2, 0.25) is 0 Å². The second-order valence-corrected chi connectivity index (χ2v) is 6.75. The molecule has 0 spiro atoms. The van der Waals surface area contributed by atoms with Gasteiger partial charge in [0.15, 0.2) is 0 Å². The number of cyclic esters (lactones) is 1. The van der Waals surface area contributed by atoms with Crippen molar-refractivity contribution in [1.29, 1.82) is 0 Å². The monoisotopic (exact) mass is 355 g/mol. The summed E-state index contributed by atoms with van der Waals surface area (Å²) in [7, 11) is 0. The summed E-state index contributed by atoms with van der Waals surface area (Å²) in [5, 5.41) is 8.99. The van der Waals surface area contributed by atoms with Crippen LogP contribution in [0.4, 0.5) is 4.79 Å². The molecular formula is C15H17NO7S. The fourth-order valence-electron chi connectivity index (χ4n) is 2.78. The zero-order valence-corrected chi connectivity index (χ0v) is 13.6. The summed E-state index contributed by atoms with van der Waals surface area (Å²) in [4.78, 5) is 37.0. The minimum atomic E-state index is -0.938. The number of thioether (sulfide) groups is 1. The fourth-order valence-corrected chi connectivity index (χ4v) is 4.27. The van der Waals surface area contributed by atoms with Crippen LogP contribution < -0.4 is 0 Å². The molecule has 0 aromatic carbocycles. The van der Waals surface area contributed by atoms with Crippen molar-refractivity contribution >= 4 is 29.8 Å². The summed E-state index contributed by atoms with van der Waals surface area (Å²) >= 11 is 1.34. The number of esters is 1. The van der Waals surface area contributed by atoms with Crippen LogP contribution in [0.5, 0.6) is 0 Å². The van der Waals surface area contributed by atoms with Crippen LogP contribution >= 0.6 is 11.8 Å². The van der Waals surface area contributed by atoms with Gasteiger partial charge in [-0.15, -0.1) is 0 Å². The summed E-state index contributed by atoms with van der Waals surface area (Å²) in [6.45, 7) is 3.16. The van der Waals surface area contributed by atoms with Gasteiger partial charge in [-0.2, -0.15) is 0 Å². The van der Waals surface area contributed by atoms with E-state index in [0.29, 0.717) is 24.2 Å². The first-order valence-electron chi connectivity index (χ1n) is 7.54. The molecule has 3 atom stereocenters. The topological polar surface area (TPSA) is 102 Å². The van der Waals surface area contributed by atoms with E-state index in [0.717, 1.165) is 0 Å². The van der Waals surface area contributed by atoms with E-state index in [1.54, 1.807) is 0 Å². The lowest BCUT2D eigenvalue weighted by atomic mass is 10.00. The van der Waals surface area contributed by atoms with E-state index in [9.17, 15) is 19.5 Å². The molecule has 3 aliphatic heterocycles. The van der Waals surface area contributed by atoms with Gasteiger partial charge < -0.3 is 19.3 Å². The maximum atomic E-state index is 12.1. The number of fused-ring (bicyclic) bond motifs is 1. The molecule has 0 saturated carbocycles. The number of hydrogen-bond acceptors (Lipinski definition) is 8. The number of carbonyl (C=O) groups excluding carboxylic acids is 3. The highest BCUT2D eigenvalue weighted by Gasteiger charge is 2.55. The number of carbonyl (C=O) groups is 3. The first-order valence-corrected chi connectivity index (χ1v) is 8.41. The van der Waals surface area contributed by atoms with Gasteiger partial charge in [0.25, 0.3) is 0 Å². The molecule has 0 aromatic heterocycles. The molecule has 3 aliphatic rings. The predicted octanol–water partition coefficient (Wildman–Crippen LogP) is 1.11. The van der Waals surface area contributed by atoms with Crippen molar-refractivity contribution in [2.45, 2.75) is 30.7 Å². The summed E-state index contributed by atoms with van der Waals surface area (Å²) in [5.41, 5.74) is 0. The molecule has 0 bridgehead atoms. The largest absolute Gasteiger partial charge is 0.515 e. The third kappa shape index (κ3) is 3.01. The van der Waals surface area contributed by atoms with E-state index in [1.807, 2.05) is 0 Å². The molecule has 1 N–H and O–H groups in total. The number of hydrogen-bond donors (Lipinski definition) is 1. The van der Waals surface area contributed by atoms with Crippen molar-refractivity contribution < 1.29 is 33.7 Å². The second-order valence-electron chi connectivity index (χ2n) is 5.54. The lowest BCUT2D eigenvalue weighted by Gasteiger charge is -2.40. The third-order valence-corrected chi connectivity index (χ3v) is 5.36. The van der Waals surface area contributed by atoms with Crippen molar-refractivity contribution in [2.24, 2.45) is 5.92 Å². The van der Waals surface area contributed by atoms with Crippen molar-refractivity contribution in [3.63, 3.8) is 0 Å². The van der Waals surface area contributed by atoms with Gasteiger partial charge in [0.05, 0.1) is 17.4 Å². The van der Waals surface area contributed by atoms with Crippen LogP contribution in [0.15, 0.2) is 23.4 Å². The summed E-state index contributed by atoms with van der Waals surface area (Å²) in [5.74, 6) is -0.984. The average molecular weight is 355 g/mol. The minimum absolute atomic E-state index is 0.00846. The number of rotatable bonds is 6. The molecule has 2 saturated heterocycles. The molecule has 3 rings (SSSR count). The number of aliphatic hydroxyl groups excluding tert-OH is 1. The quantitative estimate of drug-likeness (QED) is 0.429. The van der Waals surface area contributed by atoms with Crippen molar-refractivity contribution in [3.05, 3.63) is 23.4 Å². The molecule has 8 nitrogen and oxygen atoms in total. The number of nitrogens with zero attached hydrogens (tertiary/aromatic N) is 1. The maximum absolute atomic E-state index is 12.1. The van der Waals surface area contributed by atoms with E-state index < -0.39 is 12.1 Å². The standard InChI is InChI=1S/C15H17NO7S/c1-2-5-21-15(20)23-13-10(6-8-3-4-11(18)22-8)24-14-9(7-17)12(19)16(13)14/h2,8-9,14,17H,1,3-7H2/t8-,9-,14+/m0/s1. The molecule has 1 amide bonds. The second kappa shape index (κ2) is 6.86. The Morgan fingerprint density at radius 1 is 1.50 bits per heavy atom. The van der Waals surface area contributed by atoms with Gasteiger partial charge in [0.2, 0.25) is 11.8 Å². The molecule has 130 valence electrons. The van der Waals surface area contributed by atoms with E-state index >= 15 is 0 Å². The Kier molecular flexibility index (Phi) is 4.81. The van der Waals surface area contributed by atoms with Crippen LogP contribution in [0.1, 0.15) is 19.3 Å². The highest BCUT2D eigenvalue weighted by atomic mass is 32.2. The highest BCUT2D eigenvalue weighted by Crippen LogP contribution is 2.51. The first-order chi connectivity index (χ1) is 11.5. The van der Waals surface area contributed by atoms with Gasteiger partial charge in [0.1, 0.15) is 18.1 Å². The molecule has 0 aliphatic carbocycles. The number of amides is 1. The zero-order chi connectivity index (χ0) is 17.3. The Labute approximate surface area is 142 Å². The van der Waals surface area contributed by atoms with Crippen LogP contribution in [0, 0.1) is 5.92 Å². The molecule has 9 heteroatoms. The lowest BCUT2D eigenvalue weighted by molar-refractivity contribution is -0.152. The molecular weight excluding hydrogens is 338 g/mol. The van der Waals surface area contributed by atoms with Gasteiger partial charge in [-0.3, -0.25) is 14.5 Å². The minimum Gasteiger partial charge on any atom is -0.462 e. The Hall–Kier alpha value is -2.00. The highest BCUT2D eigenvalue weighted by molar-refractivity contribution is 8.04. The van der Waals surface area contributed by atoms with Crippen molar-refractivity contribution in [1.82, 2.24) is 4.90 Å². The van der Waals surface area contributed by atoms with Gasteiger partial charge in [-0.05, 0) is 6.42 Å². The van der Waals surface area contributed by atoms with E-state index in [2.05, 4.69) is 6.58 Å². The maximum Gasteiger partial charge on any atom is 0.515 e. The van der Waals surface area contributed by atoms with E-state index in [-0.39, 0.29) is 42.5 Å². The summed E-state index contributed by atoms with van der Waals surface area (Å²) in [6.07, 6.45) is 1.46. The molecule has 0 radical (unpaired) electrons. The normalized spacial score (nSPS) is 28.4. The molecule has 24 heavy (non-hydrogen) atoms. The van der Waals surface area contributed by atoms with E-state index in [4.69, 9.17) is 14.2 Å². The Morgan fingerprint density at radius 2 is 2.29 bits per heavy atom. The van der Waals surface area contributed by atoms with Crippen LogP contribution in [-0.2, 0) is 23.8 Å². The van der Waals surface area contributed by atoms with Gasteiger partial charge in [-0.1, -0.05) is 24.4 Å². The van der Waals surface area contributed by atoms with Crippen LogP contribution in [0.3, 0.4) is 0 Å². The SMILES string of the molecule is C=CCOC(=O)OC1=C(C[C@@H]2CCC(=O)O2)S[C@@H]2[C@@H](CO)C(=O)N12. The number of β-lactam (4-membered cyclic amide) rings is 1. The summed E-state index contributed by atoms with van der Waals surface area (Å²) < 4.78 is 15.2. The lowest BCUT2D eigenvalue weighted by Crippen LogP contribution is -2.58. The van der Waals surface area contributed by atoms with Crippen LogP contribution in [-0.4, -0.2) is 52.7 Å². The number of ether oxygens (including phenoxy) is 3. The molecule has 2 fully saturated rings. The predicted molar refractivity (Wildman–Crippen MR) is 82.2 cm³/mol. The van der Waals surface area contributed by atoms with Crippen molar-refractivity contribution in [2.75, 3.05) is 13.2 Å². The molecule has 3 heterocycles. The number of aliphatic hydroxyl groups is 1. The Morgan fingerprint density at radius 3 is 2.92 bits per heavy atom. The Bertz CT molecular complexity index is 617. The summed E-state index contributed by atoms with van der Waals surface area (Å²) in [6, 6.07) is 0. The van der Waals surface area contributed by atoms with Gasteiger partial charge in [0, 0.05) is 12.8 Å². The first kappa shape index (κ1) is 16.8. The molecule has 0 unspecified atom stereocenters. The zero-order valence-electron chi connectivity index (χ0n) is 12.8. The third-order valence-electron chi connectivity index (χ3n) is 3.95. The van der Waals surface area contributed by atoms with Gasteiger partial charge in [-0.25, -0.2) is 4.79 Å². The average Bonchev–Trinajstić information content (AvgIpc) is 3.08. The smallest absolute Gasteiger partial charge is 0.462 e.